The molecular weight excluding hydrogens is 258 g/mol. The predicted octanol–water partition coefficient (Wildman–Crippen LogP) is 0.889. The molecule has 2 rings (SSSR count). The fourth-order valence-corrected chi connectivity index (χ4v) is 2.48. The van der Waals surface area contributed by atoms with E-state index in [2.05, 4.69) is 33.9 Å². The molecule has 104 valence electrons. The first-order chi connectivity index (χ1) is 9.06. The number of nitrogens with two attached hydrogens (primary N) is 1. The molecule has 0 radical (unpaired) electrons. The van der Waals surface area contributed by atoms with E-state index in [-0.39, 0.29) is 4.99 Å². The van der Waals surface area contributed by atoms with Crippen molar-refractivity contribution in [1.29, 1.82) is 0 Å². The van der Waals surface area contributed by atoms with Crippen LogP contribution in [-0.4, -0.2) is 53.6 Å². The number of piperidine rings is 1. The summed E-state index contributed by atoms with van der Waals surface area (Å²) in [4.78, 5) is 13.4. The third-order valence-electron chi connectivity index (χ3n) is 3.65. The Labute approximate surface area is 119 Å². The van der Waals surface area contributed by atoms with Crippen LogP contribution in [-0.2, 0) is 0 Å². The van der Waals surface area contributed by atoms with Crippen LogP contribution in [0.2, 0.25) is 0 Å². The SMILES string of the molecule is CN1CCC(CN(C)c2cnc(C(N)=S)cn2)CC1. The van der Waals surface area contributed by atoms with E-state index in [1.165, 1.54) is 25.9 Å². The van der Waals surface area contributed by atoms with Crippen molar-refractivity contribution in [2.24, 2.45) is 11.7 Å². The highest BCUT2D eigenvalue weighted by Crippen LogP contribution is 2.19. The largest absolute Gasteiger partial charge is 0.388 e. The number of rotatable bonds is 4. The van der Waals surface area contributed by atoms with Crippen molar-refractivity contribution in [3.8, 4) is 0 Å². The van der Waals surface area contributed by atoms with Gasteiger partial charge in [-0.2, -0.15) is 0 Å². The Hall–Kier alpha value is -1.27. The highest BCUT2D eigenvalue weighted by Gasteiger charge is 2.18. The maximum Gasteiger partial charge on any atom is 0.146 e. The molecule has 0 amide bonds. The Morgan fingerprint density at radius 3 is 2.63 bits per heavy atom. The number of likely N-dealkylation sites (tertiary alicyclic amines) is 1. The molecule has 0 saturated carbocycles. The number of anilines is 1. The van der Waals surface area contributed by atoms with E-state index in [0.717, 1.165) is 18.3 Å². The van der Waals surface area contributed by atoms with Crippen LogP contribution < -0.4 is 10.6 Å². The summed E-state index contributed by atoms with van der Waals surface area (Å²) in [6, 6.07) is 0. The maximum absolute atomic E-state index is 5.51. The summed E-state index contributed by atoms with van der Waals surface area (Å²) in [7, 11) is 4.24. The van der Waals surface area contributed by atoms with Gasteiger partial charge in [0.1, 0.15) is 16.5 Å². The number of thiocarbonyl (C=S) groups is 1. The minimum Gasteiger partial charge on any atom is -0.388 e. The molecule has 1 aromatic rings. The van der Waals surface area contributed by atoms with Gasteiger partial charge in [-0.1, -0.05) is 12.2 Å². The summed E-state index contributed by atoms with van der Waals surface area (Å²) in [6.45, 7) is 3.39. The van der Waals surface area contributed by atoms with Crippen LogP contribution in [0.25, 0.3) is 0 Å². The number of nitrogens with zero attached hydrogens (tertiary/aromatic N) is 4. The minimum atomic E-state index is 0.289. The van der Waals surface area contributed by atoms with Crippen LogP contribution in [0.1, 0.15) is 18.5 Å². The predicted molar refractivity (Wildman–Crippen MR) is 81.4 cm³/mol. The summed E-state index contributed by atoms with van der Waals surface area (Å²) in [5.74, 6) is 1.61. The van der Waals surface area contributed by atoms with E-state index >= 15 is 0 Å². The molecule has 1 fully saturated rings. The van der Waals surface area contributed by atoms with Crippen LogP contribution in [0.15, 0.2) is 12.4 Å². The van der Waals surface area contributed by atoms with Crippen LogP contribution in [0.4, 0.5) is 5.82 Å². The van der Waals surface area contributed by atoms with E-state index < -0.39 is 0 Å². The van der Waals surface area contributed by atoms with Gasteiger partial charge in [-0.3, -0.25) is 0 Å². The molecule has 1 saturated heterocycles. The highest BCUT2D eigenvalue weighted by molar-refractivity contribution is 7.80. The van der Waals surface area contributed by atoms with Crippen molar-refractivity contribution in [2.45, 2.75) is 12.8 Å². The first kappa shape index (κ1) is 14.1. The van der Waals surface area contributed by atoms with Gasteiger partial charge in [0.05, 0.1) is 12.4 Å². The monoisotopic (exact) mass is 279 g/mol. The van der Waals surface area contributed by atoms with Crippen molar-refractivity contribution in [3.63, 3.8) is 0 Å². The Kier molecular flexibility index (Phi) is 4.66. The fourth-order valence-electron chi connectivity index (χ4n) is 2.37. The lowest BCUT2D eigenvalue weighted by atomic mass is 9.97. The zero-order valence-corrected chi connectivity index (χ0v) is 12.4. The first-order valence-corrected chi connectivity index (χ1v) is 6.98. The molecule has 1 aliphatic heterocycles. The molecule has 0 aromatic carbocycles. The molecule has 0 aliphatic carbocycles. The lowest BCUT2D eigenvalue weighted by Gasteiger charge is -2.31. The second-order valence-electron chi connectivity index (χ2n) is 5.25. The smallest absolute Gasteiger partial charge is 0.146 e. The van der Waals surface area contributed by atoms with Gasteiger partial charge in [-0.15, -0.1) is 0 Å². The lowest BCUT2D eigenvalue weighted by Crippen LogP contribution is -2.36. The van der Waals surface area contributed by atoms with E-state index in [9.17, 15) is 0 Å². The zero-order chi connectivity index (χ0) is 13.8. The zero-order valence-electron chi connectivity index (χ0n) is 11.5. The van der Waals surface area contributed by atoms with Gasteiger partial charge in [0.2, 0.25) is 0 Å². The van der Waals surface area contributed by atoms with Crippen LogP contribution >= 0.6 is 12.2 Å². The molecule has 1 aromatic heterocycles. The molecular formula is C13H21N5S. The Bertz CT molecular complexity index is 425. The lowest BCUT2D eigenvalue weighted by molar-refractivity contribution is 0.222. The van der Waals surface area contributed by atoms with Gasteiger partial charge in [-0.05, 0) is 38.9 Å². The van der Waals surface area contributed by atoms with Crippen molar-refractivity contribution in [1.82, 2.24) is 14.9 Å². The molecule has 2 heterocycles. The van der Waals surface area contributed by atoms with Gasteiger partial charge in [0, 0.05) is 13.6 Å². The van der Waals surface area contributed by atoms with Crippen molar-refractivity contribution in [2.75, 3.05) is 38.6 Å². The topological polar surface area (TPSA) is 58.3 Å². The van der Waals surface area contributed by atoms with E-state index in [0.29, 0.717) is 5.69 Å². The molecule has 0 atom stereocenters. The Morgan fingerprint density at radius 1 is 1.42 bits per heavy atom. The summed E-state index contributed by atoms with van der Waals surface area (Å²) < 4.78 is 0. The molecule has 0 spiro atoms. The van der Waals surface area contributed by atoms with Crippen LogP contribution in [0.3, 0.4) is 0 Å². The van der Waals surface area contributed by atoms with Crippen molar-refractivity contribution < 1.29 is 0 Å². The number of hydrogen-bond donors (Lipinski definition) is 1. The first-order valence-electron chi connectivity index (χ1n) is 6.58. The van der Waals surface area contributed by atoms with Gasteiger partial charge in [0.15, 0.2) is 0 Å². The second-order valence-corrected chi connectivity index (χ2v) is 5.69. The van der Waals surface area contributed by atoms with Crippen molar-refractivity contribution >= 4 is 23.0 Å². The van der Waals surface area contributed by atoms with E-state index in [4.69, 9.17) is 18.0 Å². The van der Waals surface area contributed by atoms with E-state index in [1.807, 2.05) is 0 Å². The standard InChI is InChI=1S/C13H21N5S/c1-17-5-3-10(4-6-17)9-18(2)12-8-15-11(7-16-12)13(14)19/h7-8,10H,3-6,9H2,1-2H3,(H2,14,19). The van der Waals surface area contributed by atoms with Crippen molar-refractivity contribution in [3.05, 3.63) is 18.1 Å². The van der Waals surface area contributed by atoms with Gasteiger partial charge in [-0.25, -0.2) is 9.97 Å². The number of aromatic nitrogens is 2. The van der Waals surface area contributed by atoms with Gasteiger partial charge < -0.3 is 15.5 Å². The quantitative estimate of drug-likeness (QED) is 0.826. The summed E-state index contributed by atoms with van der Waals surface area (Å²) in [6.07, 6.45) is 5.88. The normalized spacial score (nSPS) is 17.4. The third-order valence-corrected chi connectivity index (χ3v) is 3.86. The maximum atomic E-state index is 5.51. The molecule has 0 unspecified atom stereocenters. The molecule has 1 aliphatic rings. The Morgan fingerprint density at radius 2 is 2.11 bits per heavy atom. The summed E-state index contributed by atoms with van der Waals surface area (Å²) in [5, 5.41) is 0. The molecule has 0 bridgehead atoms. The summed E-state index contributed by atoms with van der Waals surface area (Å²) >= 11 is 4.87. The number of hydrogen-bond acceptors (Lipinski definition) is 5. The molecule has 5 nitrogen and oxygen atoms in total. The van der Waals surface area contributed by atoms with Gasteiger partial charge >= 0.3 is 0 Å². The second kappa shape index (κ2) is 6.25. The average molecular weight is 279 g/mol. The molecule has 6 heteroatoms. The fraction of sp³-hybridized carbons (Fsp3) is 0.615. The third kappa shape index (κ3) is 3.84. The highest BCUT2D eigenvalue weighted by atomic mass is 32.1. The van der Waals surface area contributed by atoms with Gasteiger partial charge in [0.25, 0.3) is 0 Å². The molecule has 2 N–H and O–H groups in total. The van der Waals surface area contributed by atoms with E-state index in [1.54, 1.807) is 12.4 Å². The molecule has 19 heavy (non-hydrogen) atoms. The average Bonchev–Trinajstić information content (AvgIpc) is 2.41. The Balaban J connectivity index is 1.92. The summed E-state index contributed by atoms with van der Waals surface area (Å²) in [5.41, 5.74) is 6.09. The van der Waals surface area contributed by atoms with Crippen LogP contribution in [0.5, 0.6) is 0 Å². The minimum absolute atomic E-state index is 0.289. The van der Waals surface area contributed by atoms with Crippen LogP contribution in [0, 0.1) is 5.92 Å².